The number of unbranched alkanes of at least 4 members (excludes halogenated alkanes) is 2. The molecule has 0 atom stereocenters. The molecule has 2 amide bonds. The molecule has 1 heterocycles. The third kappa shape index (κ3) is 3.24. The molecule has 0 spiro atoms. The lowest BCUT2D eigenvalue weighted by atomic mass is 10.1. The number of nitrogens with zero attached hydrogens (tertiary/aromatic N) is 1. The normalized spacial score (nSPS) is 17.0. The summed E-state index contributed by atoms with van der Waals surface area (Å²) < 4.78 is 5.49. The lowest BCUT2D eigenvalue weighted by Crippen LogP contribution is -2.39. The number of ether oxygens (including phenoxy) is 1. The first-order chi connectivity index (χ1) is 10.7. The lowest BCUT2D eigenvalue weighted by Gasteiger charge is -2.29. The molecule has 5 nitrogen and oxygen atoms in total. The van der Waals surface area contributed by atoms with Crippen molar-refractivity contribution in [2.75, 3.05) is 23.4 Å². The van der Waals surface area contributed by atoms with Gasteiger partial charge >= 0.3 is 0 Å². The quantitative estimate of drug-likeness (QED) is 0.822. The Kier molecular flexibility index (Phi) is 4.32. The van der Waals surface area contributed by atoms with Crippen molar-refractivity contribution in [1.29, 1.82) is 0 Å². The van der Waals surface area contributed by atoms with Crippen LogP contribution in [0.3, 0.4) is 0 Å². The molecule has 1 aliphatic carbocycles. The molecule has 118 valence electrons. The Morgan fingerprint density at radius 2 is 2.18 bits per heavy atom. The van der Waals surface area contributed by atoms with Gasteiger partial charge in [0.2, 0.25) is 5.91 Å². The highest BCUT2D eigenvalue weighted by atomic mass is 16.5. The molecular formula is C17H22N2O3. The Morgan fingerprint density at radius 1 is 1.36 bits per heavy atom. The number of carbonyl (C=O) groups excluding carboxylic acids is 2. The smallest absolute Gasteiger partial charge is 0.265 e. The Hall–Kier alpha value is -2.04. The van der Waals surface area contributed by atoms with Crippen LogP contribution in [0.1, 0.15) is 39.0 Å². The summed E-state index contributed by atoms with van der Waals surface area (Å²) in [5.74, 6) is 0.921. The summed E-state index contributed by atoms with van der Waals surface area (Å²) in [6, 6.07) is 5.51. The second-order valence-electron chi connectivity index (χ2n) is 5.99. The molecule has 1 N–H and O–H groups in total. The summed E-state index contributed by atoms with van der Waals surface area (Å²) in [5, 5.41) is 2.92. The summed E-state index contributed by atoms with van der Waals surface area (Å²) in [6.45, 7) is 2.93. The van der Waals surface area contributed by atoms with Crippen molar-refractivity contribution < 1.29 is 14.3 Å². The van der Waals surface area contributed by atoms with Crippen LogP contribution < -0.4 is 15.0 Å². The first-order valence-electron chi connectivity index (χ1n) is 8.07. The zero-order valence-corrected chi connectivity index (χ0v) is 12.9. The van der Waals surface area contributed by atoms with Crippen LogP contribution in [-0.4, -0.2) is 25.0 Å². The van der Waals surface area contributed by atoms with Gasteiger partial charge in [-0.2, -0.15) is 0 Å². The Balaban J connectivity index is 1.77. The maximum absolute atomic E-state index is 12.1. The fourth-order valence-electron chi connectivity index (χ4n) is 2.63. The third-order valence-electron chi connectivity index (χ3n) is 4.10. The Morgan fingerprint density at radius 3 is 2.91 bits per heavy atom. The number of rotatable bonds is 6. The van der Waals surface area contributed by atoms with E-state index in [9.17, 15) is 9.59 Å². The van der Waals surface area contributed by atoms with Crippen LogP contribution in [0.25, 0.3) is 0 Å². The number of fused-ring (bicyclic) bond motifs is 1. The molecule has 0 bridgehead atoms. The minimum atomic E-state index is -0.0192. The highest BCUT2D eigenvalue weighted by Gasteiger charge is 2.30. The largest absolute Gasteiger partial charge is 0.482 e. The van der Waals surface area contributed by atoms with Crippen molar-refractivity contribution in [2.45, 2.75) is 39.0 Å². The topological polar surface area (TPSA) is 58.6 Å². The fourth-order valence-corrected chi connectivity index (χ4v) is 2.63. The van der Waals surface area contributed by atoms with Gasteiger partial charge in [0.15, 0.2) is 6.61 Å². The number of hydrogen-bond acceptors (Lipinski definition) is 3. The van der Waals surface area contributed by atoms with E-state index in [2.05, 4.69) is 12.2 Å². The van der Waals surface area contributed by atoms with Gasteiger partial charge in [0.1, 0.15) is 5.75 Å². The SMILES string of the molecule is CCCCCN1C(=O)COc2ccc(NC(=O)C3CC3)cc21. The van der Waals surface area contributed by atoms with Gasteiger partial charge < -0.3 is 15.0 Å². The minimum Gasteiger partial charge on any atom is -0.482 e. The van der Waals surface area contributed by atoms with Crippen LogP contribution in [0.2, 0.25) is 0 Å². The molecule has 0 aromatic heterocycles. The number of amides is 2. The van der Waals surface area contributed by atoms with Gasteiger partial charge in [0.05, 0.1) is 5.69 Å². The number of carbonyl (C=O) groups is 2. The molecular weight excluding hydrogens is 280 g/mol. The molecule has 0 radical (unpaired) electrons. The van der Waals surface area contributed by atoms with E-state index >= 15 is 0 Å². The van der Waals surface area contributed by atoms with Crippen LogP contribution >= 0.6 is 0 Å². The predicted octanol–water partition coefficient (Wildman–Crippen LogP) is 2.95. The van der Waals surface area contributed by atoms with Crippen LogP contribution in [0, 0.1) is 5.92 Å². The first-order valence-corrected chi connectivity index (χ1v) is 8.07. The summed E-state index contributed by atoms with van der Waals surface area (Å²) in [5.41, 5.74) is 1.50. The summed E-state index contributed by atoms with van der Waals surface area (Å²) in [7, 11) is 0. The maximum atomic E-state index is 12.1. The van der Waals surface area contributed by atoms with E-state index in [1.165, 1.54) is 0 Å². The molecule has 2 aliphatic rings. The van der Waals surface area contributed by atoms with Gasteiger partial charge in [0.25, 0.3) is 5.91 Å². The van der Waals surface area contributed by atoms with Crippen molar-refractivity contribution in [1.82, 2.24) is 0 Å². The zero-order chi connectivity index (χ0) is 15.5. The van der Waals surface area contributed by atoms with Gasteiger partial charge in [-0.15, -0.1) is 0 Å². The zero-order valence-electron chi connectivity index (χ0n) is 12.9. The molecule has 1 aliphatic heterocycles. The molecule has 0 saturated heterocycles. The molecule has 1 fully saturated rings. The van der Waals surface area contributed by atoms with Crippen LogP contribution in [-0.2, 0) is 9.59 Å². The molecule has 1 saturated carbocycles. The standard InChI is InChI=1S/C17H22N2O3/c1-2-3-4-9-19-14-10-13(18-17(21)12-5-6-12)7-8-15(14)22-11-16(19)20/h7-8,10,12H,2-6,9,11H2,1H3,(H,18,21). The van der Waals surface area contributed by atoms with Crippen molar-refractivity contribution in [3.05, 3.63) is 18.2 Å². The number of hydrogen-bond donors (Lipinski definition) is 1. The van der Waals surface area contributed by atoms with E-state index in [0.717, 1.165) is 43.5 Å². The predicted molar refractivity (Wildman–Crippen MR) is 85.2 cm³/mol. The van der Waals surface area contributed by atoms with E-state index in [0.29, 0.717) is 12.3 Å². The van der Waals surface area contributed by atoms with E-state index in [4.69, 9.17) is 4.74 Å². The second-order valence-corrected chi connectivity index (χ2v) is 5.99. The van der Waals surface area contributed by atoms with E-state index in [-0.39, 0.29) is 24.3 Å². The highest BCUT2D eigenvalue weighted by molar-refractivity contribution is 6.00. The summed E-state index contributed by atoms with van der Waals surface area (Å²) in [4.78, 5) is 25.8. The molecule has 5 heteroatoms. The number of nitrogens with one attached hydrogen (secondary N) is 1. The van der Waals surface area contributed by atoms with Crippen molar-refractivity contribution in [3.63, 3.8) is 0 Å². The van der Waals surface area contributed by atoms with Gasteiger partial charge in [-0.3, -0.25) is 9.59 Å². The molecule has 3 rings (SSSR count). The van der Waals surface area contributed by atoms with E-state index in [1.807, 2.05) is 18.2 Å². The average Bonchev–Trinajstić information content (AvgIpc) is 3.34. The maximum Gasteiger partial charge on any atom is 0.265 e. The Bertz CT molecular complexity index is 581. The molecule has 1 aromatic rings. The molecule has 0 unspecified atom stereocenters. The van der Waals surface area contributed by atoms with Gasteiger partial charge in [0, 0.05) is 18.2 Å². The second kappa shape index (κ2) is 6.38. The lowest BCUT2D eigenvalue weighted by molar-refractivity contribution is -0.121. The van der Waals surface area contributed by atoms with Crippen molar-refractivity contribution in [2.24, 2.45) is 5.92 Å². The number of anilines is 2. The summed E-state index contributed by atoms with van der Waals surface area (Å²) >= 11 is 0. The fraction of sp³-hybridized carbons (Fsp3) is 0.529. The van der Waals surface area contributed by atoms with Crippen LogP contribution in [0.15, 0.2) is 18.2 Å². The Labute approximate surface area is 130 Å². The van der Waals surface area contributed by atoms with Crippen LogP contribution in [0.4, 0.5) is 11.4 Å². The van der Waals surface area contributed by atoms with Gasteiger partial charge in [-0.1, -0.05) is 19.8 Å². The average molecular weight is 302 g/mol. The van der Waals surface area contributed by atoms with Crippen LogP contribution in [0.5, 0.6) is 5.75 Å². The van der Waals surface area contributed by atoms with Gasteiger partial charge in [-0.05, 0) is 37.5 Å². The number of benzene rings is 1. The molecule has 22 heavy (non-hydrogen) atoms. The minimum absolute atomic E-state index is 0.0192. The van der Waals surface area contributed by atoms with E-state index in [1.54, 1.807) is 4.90 Å². The highest BCUT2D eigenvalue weighted by Crippen LogP contribution is 2.36. The molecule has 1 aromatic carbocycles. The van der Waals surface area contributed by atoms with E-state index < -0.39 is 0 Å². The summed E-state index contributed by atoms with van der Waals surface area (Å²) in [6.07, 6.45) is 5.13. The van der Waals surface area contributed by atoms with Gasteiger partial charge in [-0.25, -0.2) is 0 Å². The third-order valence-corrected chi connectivity index (χ3v) is 4.10. The van der Waals surface area contributed by atoms with Crippen molar-refractivity contribution in [3.8, 4) is 5.75 Å². The first kappa shape index (κ1) is 14.9. The monoisotopic (exact) mass is 302 g/mol. The van der Waals surface area contributed by atoms with Crippen molar-refractivity contribution >= 4 is 23.2 Å².